The van der Waals surface area contributed by atoms with Crippen LogP contribution in [0.2, 0.25) is 0 Å². The van der Waals surface area contributed by atoms with Crippen LogP contribution in [0.25, 0.3) is 0 Å². The first-order valence-corrected chi connectivity index (χ1v) is 2.80. The van der Waals surface area contributed by atoms with E-state index in [2.05, 4.69) is 11.6 Å². The molecule has 2 nitrogen and oxygen atoms in total. The van der Waals surface area contributed by atoms with Crippen LogP contribution in [0.15, 0.2) is 30.0 Å². The van der Waals surface area contributed by atoms with Crippen molar-refractivity contribution in [1.29, 1.82) is 0 Å². The topological polar surface area (TPSA) is 15.6 Å². The Kier molecular flexibility index (Phi) is 4.50. The fraction of sp³-hybridized carbons (Fsp3) is 0.286. The molecule has 0 unspecified atom stereocenters. The molecular weight excluding hydrogens is 112 g/mol. The fourth-order valence-corrected chi connectivity index (χ4v) is 0.277. The molecule has 0 radical (unpaired) electrons. The zero-order valence-electron chi connectivity index (χ0n) is 5.91. The summed E-state index contributed by atoms with van der Waals surface area (Å²) in [5, 5.41) is 0. The predicted octanol–water partition coefficient (Wildman–Crippen LogP) is 1.62. The highest BCUT2D eigenvalue weighted by Crippen LogP contribution is 1.76. The van der Waals surface area contributed by atoms with Gasteiger partial charge in [-0.2, -0.15) is 0 Å². The number of hydrogen-bond acceptors (Lipinski definition) is 1. The van der Waals surface area contributed by atoms with Gasteiger partial charge in [0.25, 0.3) is 0 Å². The Bertz CT molecular complexity index is 125. The smallest absolute Gasteiger partial charge is 0.0941 e. The lowest BCUT2D eigenvalue weighted by Crippen LogP contribution is -2.05. The van der Waals surface area contributed by atoms with Crippen LogP contribution in [-0.2, 0) is 0 Å². The molecule has 0 spiro atoms. The second-order valence-electron chi connectivity index (χ2n) is 1.59. The van der Waals surface area contributed by atoms with Crippen molar-refractivity contribution in [2.75, 3.05) is 7.05 Å². The molecule has 0 atom stereocenters. The molecule has 50 valence electrons. The monoisotopic (exact) mass is 124 g/mol. The van der Waals surface area contributed by atoms with Gasteiger partial charge in [0.15, 0.2) is 0 Å². The molecule has 0 aromatic heterocycles. The molecule has 0 fully saturated rings. The Morgan fingerprint density at radius 2 is 2.22 bits per heavy atom. The van der Waals surface area contributed by atoms with E-state index >= 15 is 0 Å². The normalized spacial score (nSPS) is 10.9. The number of allylic oxidation sites excluding steroid dienone is 1. The van der Waals surface area contributed by atoms with Gasteiger partial charge < -0.3 is 4.90 Å². The average molecular weight is 124 g/mol. The van der Waals surface area contributed by atoms with Gasteiger partial charge in [0, 0.05) is 13.2 Å². The maximum atomic E-state index is 3.91. The van der Waals surface area contributed by atoms with Crippen molar-refractivity contribution in [3.8, 4) is 0 Å². The summed E-state index contributed by atoms with van der Waals surface area (Å²) >= 11 is 0. The van der Waals surface area contributed by atoms with Crippen molar-refractivity contribution >= 4 is 6.34 Å². The first-order chi connectivity index (χ1) is 4.31. The molecule has 0 amide bonds. The zero-order valence-corrected chi connectivity index (χ0v) is 5.91. The quantitative estimate of drug-likeness (QED) is 0.412. The minimum absolute atomic E-state index is 1.69. The molecule has 0 aliphatic rings. The molecule has 0 aromatic rings. The SMILES string of the molecule is C=CN(C)/C=N\C=C/C. The van der Waals surface area contributed by atoms with Gasteiger partial charge in [-0.25, -0.2) is 4.99 Å². The minimum atomic E-state index is 1.69. The largest absolute Gasteiger partial charge is 0.343 e. The van der Waals surface area contributed by atoms with Crippen LogP contribution in [0.4, 0.5) is 0 Å². The fourth-order valence-electron chi connectivity index (χ4n) is 0.277. The van der Waals surface area contributed by atoms with Gasteiger partial charge in [-0.3, -0.25) is 0 Å². The van der Waals surface area contributed by atoms with E-state index in [9.17, 15) is 0 Å². The Labute approximate surface area is 56.2 Å². The third-order valence-corrected chi connectivity index (χ3v) is 0.772. The van der Waals surface area contributed by atoms with Crippen LogP contribution in [0, 0.1) is 0 Å². The molecule has 0 aliphatic carbocycles. The lowest BCUT2D eigenvalue weighted by molar-refractivity contribution is 0.713. The van der Waals surface area contributed by atoms with E-state index in [1.54, 1.807) is 23.6 Å². The van der Waals surface area contributed by atoms with Gasteiger partial charge in [0.1, 0.15) is 0 Å². The van der Waals surface area contributed by atoms with Gasteiger partial charge in [0.2, 0.25) is 0 Å². The van der Waals surface area contributed by atoms with E-state index < -0.39 is 0 Å². The molecule has 2 heteroatoms. The number of hydrogen-bond donors (Lipinski definition) is 0. The third kappa shape index (κ3) is 4.81. The van der Waals surface area contributed by atoms with E-state index in [1.807, 2.05) is 20.0 Å². The summed E-state index contributed by atoms with van der Waals surface area (Å²) in [4.78, 5) is 5.69. The molecule has 0 bridgehead atoms. The predicted molar refractivity (Wildman–Crippen MR) is 41.3 cm³/mol. The minimum Gasteiger partial charge on any atom is -0.343 e. The van der Waals surface area contributed by atoms with Crippen molar-refractivity contribution in [2.45, 2.75) is 6.92 Å². The number of aliphatic imine (C=N–C) groups is 1. The van der Waals surface area contributed by atoms with E-state index in [4.69, 9.17) is 0 Å². The van der Waals surface area contributed by atoms with E-state index in [-0.39, 0.29) is 0 Å². The highest BCUT2D eigenvalue weighted by Gasteiger charge is 1.74. The van der Waals surface area contributed by atoms with Crippen LogP contribution in [0.3, 0.4) is 0 Å². The van der Waals surface area contributed by atoms with Crippen molar-refractivity contribution in [1.82, 2.24) is 4.90 Å². The molecule has 9 heavy (non-hydrogen) atoms. The van der Waals surface area contributed by atoms with Crippen molar-refractivity contribution in [3.63, 3.8) is 0 Å². The van der Waals surface area contributed by atoms with Crippen LogP contribution >= 0.6 is 0 Å². The molecule has 0 rings (SSSR count). The highest BCUT2D eigenvalue weighted by atomic mass is 15.1. The maximum absolute atomic E-state index is 3.91. The third-order valence-electron chi connectivity index (χ3n) is 0.772. The second kappa shape index (κ2) is 5.09. The number of rotatable bonds is 3. The van der Waals surface area contributed by atoms with Gasteiger partial charge in [0.05, 0.1) is 6.34 Å². The Morgan fingerprint density at radius 3 is 2.67 bits per heavy atom. The number of nitrogens with zero attached hydrogens (tertiary/aromatic N) is 2. The van der Waals surface area contributed by atoms with Gasteiger partial charge in [-0.15, -0.1) is 0 Å². The summed E-state index contributed by atoms with van der Waals surface area (Å²) in [5.74, 6) is 0. The summed E-state index contributed by atoms with van der Waals surface area (Å²) < 4.78 is 0. The van der Waals surface area contributed by atoms with Gasteiger partial charge >= 0.3 is 0 Å². The Balaban J connectivity index is 3.55. The Morgan fingerprint density at radius 1 is 1.56 bits per heavy atom. The summed E-state index contributed by atoms with van der Waals surface area (Å²) in [6, 6.07) is 0. The molecular formula is C7H12N2. The maximum Gasteiger partial charge on any atom is 0.0941 e. The lowest BCUT2D eigenvalue weighted by atomic mass is 10.7. The summed E-state index contributed by atoms with van der Waals surface area (Å²) in [7, 11) is 1.88. The van der Waals surface area contributed by atoms with Crippen molar-refractivity contribution < 1.29 is 0 Å². The average Bonchev–Trinajstić information content (AvgIpc) is 1.89. The van der Waals surface area contributed by atoms with E-state index in [1.165, 1.54) is 0 Å². The van der Waals surface area contributed by atoms with Gasteiger partial charge in [-0.1, -0.05) is 12.7 Å². The molecule has 0 N–H and O–H groups in total. The second-order valence-corrected chi connectivity index (χ2v) is 1.59. The first-order valence-electron chi connectivity index (χ1n) is 2.80. The van der Waals surface area contributed by atoms with Crippen LogP contribution in [0.5, 0.6) is 0 Å². The van der Waals surface area contributed by atoms with Crippen LogP contribution in [-0.4, -0.2) is 18.3 Å². The first kappa shape index (κ1) is 7.95. The molecule has 0 heterocycles. The van der Waals surface area contributed by atoms with Crippen molar-refractivity contribution in [2.24, 2.45) is 4.99 Å². The lowest BCUT2D eigenvalue weighted by Gasteiger charge is -2.01. The molecule has 0 saturated carbocycles. The summed E-state index contributed by atoms with van der Waals surface area (Å²) in [6.07, 6.45) is 6.97. The molecule has 0 aromatic carbocycles. The summed E-state index contributed by atoms with van der Waals surface area (Å²) in [6.45, 7) is 5.47. The van der Waals surface area contributed by atoms with Crippen LogP contribution < -0.4 is 0 Å². The van der Waals surface area contributed by atoms with E-state index in [0.29, 0.717) is 0 Å². The molecule has 0 saturated heterocycles. The highest BCUT2D eigenvalue weighted by molar-refractivity contribution is 5.56. The summed E-state index contributed by atoms with van der Waals surface area (Å²) in [5.41, 5.74) is 0. The van der Waals surface area contributed by atoms with Crippen molar-refractivity contribution in [3.05, 3.63) is 25.1 Å². The van der Waals surface area contributed by atoms with Gasteiger partial charge in [-0.05, 0) is 13.1 Å². The molecule has 0 aliphatic heterocycles. The standard InChI is InChI=1S/C7H12N2/c1-4-6-8-7-9(3)5-2/h4-7H,2H2,1,3H3/b6-4-,8-7-. The van der Waals surface area contributed by atoms with E-state index in [0.717, 1.165) is 0 Å². The Hall–Kier alpha value is -1.05. The van der Waals surface area contributed by atoms with Crippen LogP contribution in [0.1, 0.15) is 6.92 Å². The zero-order chi connectivity index (χ0) is 7.11.